The lowest BCUT2D eigenvalue weighted by Gasteiger charge is -2.23. The molecule has 0 spiro atoms. The Morgan fingerprint density at radius 1 is 1.16 bits per heavy atom. The molecule has 0 aliphatic heterocycles. The van der Waals surface area contributed by atoms with Crippen molar-refractivity contribution in [1.82, 2.24) is 14.4 Å². The number of hydrogen-bond donors (Lipinski definition) is 1. The highest BCUT2D eigenvalue weighted by molar-refractivity contribution is 7.19. The zero-order chi connectivity index (χ0) is 21.7. The third kappa shape index (κ3) is 3.40. The summed E-state index contributed by atoms with van der Waals surface area (Å²) in [5, 5.41) is 1.89. The maximum atomic E-state index is 6.28. The summed E-state index contributed by atoms with van der Waals surface area (Å²) < 4.78 is 9.45. The van der Waals surface area contributed by atoms with E-state index in [1.54, 1.807) is 17.5 Å². The van der Waals surface area contributed by atoms with Crippen LogP contribution in [-0.4, -0.2) is 14.4 Å². The molecule has 0 unspecified atom stereocenters. The van der Waals surface area contributed by atoms with Gasteiger partial charge in [0.25, 0.3) is 0 Å². The minimum atomic E-state index is 0.485. The normalized spacial score (nSPS) is 14.2. The quantitative estimate of drug-likeness (QED) is 0.317. The van der Waals surface area contributed by atoms with Crippen LogP contribution in [0.4, 0.5) is 5.82 Å². The van der Waals surface area contributed by atoms with E-state index in [-0.39, 0.29) is 0 Å². The minimum absolute atomic E-state index is 0.485. The Morgan fingerprint density at radius 2 is 2.06 bits per heavy atom. The van der Waals surface area contributed by atoms with E-state index in [1.165, 1.54) is 24.0 Å². The number of ether oxygens (including phenoxy) is 1. The molecule has 160 valence electrons. The smallest absolute Gasteiger partial charge is 0.150 e. The van der Waals surface area contributed by atoms with Crippen LogP contribution in [-0.2, 0) is 6.61 Å². The lowest BCUT2D eigenvalue weighted by atomic mass is 9.85. The van der Waals surface area contributed by atoms with Crippen molar-refractivity contribution in [3.05, 3.63) is 76.6 Å². The Morgan fingerprint density at radius 3 is 2.91 bits per heavy atom. The molecule has 2 aromatic carbocycles. The topological polar surface area (TPSA) is 65.4 Å². The summed E-state index contributed by atoms with van der Waals surface area (Å²) in [7, 11) is 0. The van der Waals surface area contributed by atoms with Gasteiger partial charge in [0.05, 0.1) is 0 Å². The predicted molar refractivity (Wildman–Crippen MR) is 131 cm³/mol. The number of halogens is 1. The molecule has 0 bridgehead atoms. The Balaban J connectivity index is 1.32. The maximum Gasteiger partial charge on any atom is 0.150 e. The van der Waals surface area contributed by atoms with Crippen molar-refractivity contribution in [2.45, 2.75) is 31.8 Å². The van der Waals surface area contributed by atoms with E-state index < -0.39 is 0 Å². The van der Waals surface area contributed by atoms with Crippen molar-refractivity contribution < 1.29 is 4.74 Å². The monoisotopic (exact) mass is 460 g/mol. The van der Waals surface area contributed by atoms with Gasteiger partial charge in [-0.15, -0.1) is 11.3 Å². The Kier molecular flexibility index (Phi) is 4.77. The van der Waals surface area contributed by atoms with Crippen LogP contribution in [0, 0.1) is 0 Å². The molecule has 1 aliphatic carbocycles. The molecular formula is C25H21ClN4OS. The second-order valence-corrected chi connectivity index (χ2v) is 9.79. The van der Waals surface area contributed by atoms with E-state index in [2.05, 4.69) is 21.5 Å². The first-order valence-corrected chi connectivity index (χ1v) is 11.9. The van der Waals surface area contributed by atoms with Crippen LogP contribution >= 0.6 is 22.9 Å². The minimum Gasteiger partial charge on any atom is -0.488 e. The van der Waals surface area contributed by atoms with Crippen LogP contribution in [0.5, 0.6) is 5.75 Å². The van der Waals surface area contributed by atoms with Gasteiger partial charge in [0.2, 0.25) is 0 Å². The van der Waals surface area contributed by atoms with E-state index in [9.17, 15) is 0 Å². The molecule has 5 aromatic rings. The van der Waals surface area contributed by atoms with Crippen molar-refractivity contribution >= 4 is 44.4 Å². The Bertz CT molecular complexity index is 1450. The Labute approximate surface area is 194 Å². The van der Waals surface area contributed by atoms with Gasteiger partial charge in [-0.1, -0.05) is 30.2 Å². The van der Waals surface area contributed by atoms with Gasteiger partial charge < -0.3 is 10.5 Å². The second-order valence-electron chi connectivity index (χ2n) is 8.19. The molecule has 3 heterocycles. The summed E-state index contributed by atoms with van der Waals surface area (Å²) in [5.74, 6) is 2.85. The summed E-state index contributed by atoms with van der Waals surface area (Å²) >= 11 is 7.84. The highest BCUT2D eigenvalue weighted by Crippen LogP contribution is 2.39. The van der Waals surface area contributed by atoms with Crippen molar-refractivity contribution in [2.24, 2.45) is 0 Å². The number of nitrogen functional groups attached to an aromatic ring is 1. The molecule has 0 saturated heterocycles. The molecule has 2 N–H and O–H groups in total. The molecule has 0 atom stereocenters. The fourth-order valence-corrected chi connectivity index (χ4v) is 5.41. The van der Waals surface area contributed by atoms with Crippen molar-refractivity contribution in [3.63, 3.8) is 0 Å². The van der Waals surface area contributed by atoms with Gasteiger partial charge in [0.1, 0.15) is 35.2 Å². The molecule has 6 rings (SSSR count). The molecule has 32 heavy (non-hydrogen) atoms. The predicted octanol–water partition coefficient (Wildman–Crippen LogP) is 6.69. The number of thiophene rings is 1. The van der Waals surface area contributed by atoms with Gasteiger partial charge in [-0.3, -0.25) is 4.40 Å². The maximum absolute atomic E-state index is 6.28. The number of benzene rings is 2. The van der Waals surface area contributed by atoms with Gasteiger partial charge in [-0.05, 0) is 54.6 Å². The molecule has 7 heteroatoms. The number of rotatable bonds is 5. The molecule has 5 nitrogen and oxygen atoms in total. The fourth-order valence-electron chi connectivity index (χ4n) is 4.27. The van der Waals surface area contributed by atoms with Gasteiger partial charge in [0, 0.05) is 38.5 Å². The first-order chi connectivity index (χ1) is 15.7. The summed E-state index contributed by atoms with van der Waals surface area (Å²) in [6, 6.07) is 16.1. The van der Waals surface area contributed by atoms with E-state index in [4.69, 9.17) is 27.1 Å². The number of aromatic nitrogens is 3. The molecular weight excluding hydrogens is 440 g/mol. The molecule has 1 aliphatic rings. The number of fused-ring (bicyclic) bond motifs is 2. The SMILES string of the molecule is Nc1nccn2c(C3CCC3)nc(-c3cccc(OCc4cc5cc(Cl)ccc5s4)c3)c12. The first-order valence-electron chi connectivity index (χ1n) is 10.7. The van der Waals surface area contributed by atoms with Crippen molar-refractivity contribution in [3.8, 4) is 17.0 Å². The van der Waals surface area contributed by atoms with Crippen molar-refractivity contribution in [1.29, 1.82) is 0 Å². The highest BCUT2D eigenvalue weighted by Gasteiger charge is 2.26. The molecule has 3 aromatic heterocycles. The van der Waals surface area contributed by atoms with Gasteiger partial charge >= 0.3 is 0 Å². The number of imidazole rings is 1. The van der Waals surface area contributed by atoms with E-state index in [1.807, 2.05) is 42.6 Å². The lowest BCUT2D eigenvalue weighted by Crippen LogP contribution is -2.12. The fraction of sp³-hybridized carbons (Fsp3) is 0.200. The van der Waals surface area contributed by atoms with Crippen LogP contribution in [0.1, 0.15) is 35.9 Å². The van der Waals surface area contributed by atoms with Gasteiger partial charge in [-0.2, -0.15) is 0 Å². The molecule has 1 saturated carbocycles. The third-order valence-corrected chi connectivity index (χ3v) is 7.42. The standard InChI is InChI=1S/C25H21ClN4OS/c26-18-7-8-21-17(11-18)13-20(32-21)14-31-19-6-2-5-16(12-19)22-23-24(27)28-9-10-30(23)25(29-22)15-3-1-4-15/h2,5-13,15H,1,3-4,14H2,(H2,27,28). The summed E-state index contributed by atoms with van der Waals surface area (Å²) in [5.41, 5.74) is 8.99. The third-order valence-electron chi connectivity index (χ3n) is 6.10. The summed E-state index contributed by atoms with van der Waals surface area (Å²) in [6.07, 6.45) is 7.30. The van der Waals surface area contributed by atoms with E-state index in [0.717, 1.165) is 43.6 Å². The molecule has 0 radical (unpaired) electrons. The van der Waals surface area contributed by atoms with Crippen LogP contribution in [0.3, 0.4) is 0 Å². The lowest BCUT2D eigenvalue weighted by molar-refractivity contribution is 0.310. The summed E-state index contributed by atoms with van der Waals surface area (Å²) in [4.78, 5) is 10.5. The van der Waals surface area contributed by atoms with Crippen LogP contribution in [0.15, 0.2) is 60.9 Å². The zero-order valence-electron chi connectivity index (χ0n) is 17.3. The number of hydrogen-bond acceptors (Lipinski definition) is 5. The average Bonchev–Trinajstić information content (AvgIpc) is 3.33. The number of anilines is 1. The zero-order valence-corrected chi connectivity index (χ0v) is 18.9. The Hall–Kier alpha value is -3.09. The van der Waals surface area contributed by atoms with Crippen molar-refractivity contribution in [2.75, 3.05) is 5.73 Å². The van der Waals surface area contributed by atoms with E-state index in [0.29, 0.717) is 18.3 Å². The number of nitrogens with zero attached hydrogens (tertiary/aromatic N) is 3. The molecule has 0 amide bonds. The van der Waals surface area contributed by atoms with Gasteiger partial charge in [0.15, 0.2) is 0 Å². The number of nitrogens with two attached hydrogens (primary N) is 1. The highest BCUT2D eigenvalue weighted by atomic mass is 35.5. The second kappa shape index (κ2) is 7.80. The van der Waals surface area contributed by atoms with Crippen LogP contribution < -0.4 is 10.5 Å². The first kappa shape index (κ1) is 19.6. The summed E-state index contributed by atoms with van der Waals surface area (Å²) in [6.45, 7) is 0.501. The van der Waals surface area contributed by atoms with Gasteiger partial charge in [-0.25, -0.2) is 9.97 Å². The average molecular weight is 461 g/mol. The van der Waals surface area contributed by atoms with E-state index >= 15 is 0 Å². The van der Waals surface area contributed by atoms with Crippen LogP contribution in [0.25, 0.3) is 26.9 Å². The van der Waals surface area contributed by atoms with Crippen LogP contribution in [0.2, 0.25) is 5.02 Å². The molecule has 1 fully saturated rings. The largest absolute Gasteiger partial charge is 0.488 e.